The van der Waals surface area contributed by atoms with Gasteiger partial charge < -0.3 is 33.3 Å². The number of methoxy groups -OCH3 is 1. The highest BCUT2D eigenvalue weighted by molar-refractivity contribution is 5.86. The highest BCUT2D eigenvalue weighted by Gasteiger charge is 2.43. The Labute approximate surface area is 479 Å². The molecule has 5 aromatic heterocycles. The average molecular weight is 1140 g/mol. The molecular weight excluding hydrogens is 1080 g/mol. The van der Waals surface area contributed by atoms with Gasteiger partial charge in [0.15, 0.2) is 28.6 Å². The summed E-state index contributed by atoms with van der Waals surface area (Å²) in [5, 5.41) is 23.9. The summed E-state index contributed by atoms with van der Waals surface area (Å²) in [5.41, 5.74) is 7.93. The predicted octanol–water partition coefficient (Wildman–Crippen LogP) is 14.6. The number of ether oxygens (including phenoxy) is 1. The Balaban J connectivity index is 0.736. The minimum atomic E-state index is -4.51. The highest BCUT2D eigenvalue weighted by atomic mass is 19.4. The van der Waals surface area contributed by atoms with Crippen molar-refractivity contribution in [1.29, 1.82) is 0 Å². The van der Waals surface area contributed by atoms with E-state index in [2.05, 4.69) is 31.0 Å². The number of aryl methyl sites for hydroxylation is 2. The molecule has 1 unspecified atom stereocenters. The van der Waals surface area contributed by atoms with Crippen molar-refractivity contribution in [2.45, 2.75) is 120 Å². The van der Waals surface area contributed by atoms with Crippen molar-refractivity contribution < 1.29 is 39.9 Å². The monoisotopic (exact) mass is 1140 g/mol. The summed E-state index contributed by atoms with van der Waals surface area (Å²) in [6, 6.07) is 24.5. The smallest absolute Gasteiger partial charge is 0.407 e. The lowest BCUT2D eigenvalue weighted by Crippen LogP contribution is -2.48. The second kappa shape index (κ2) is 21.5. The van der Waals surface area contributed by atoms with Crippen molar-refractivity contribution in [1.82, 2.24) is 55.1 Å². The van der Waals surface area contributed by atoms with Gasteiger partial charge in [-0.15, -0.1) is 20.4 Å². The largest absolute Gasteiger partial charge is 0.436 e. The first-order chi connectivity index (χ1) is 40.7. The van der Waals surface area contributed by atoms with Crippen LogP contribution in [0.15, 0.2) is 119 Å². The summed E-state index contributed by atoms with van der Waals surface area (Å²) in [6.45, 7) is 3.45. The van der Waals surface area contributed by atoms with Gasteiger partial charge >= 0.3 is 6.18 Å². The topological polar surface area (TPSA) is 160 Å². The molecule has 4 saturated carbocycles. The van der Waals surface area contributed by atoms with E-state index < -0.39 is 29.7 Å². The third-order valence-electron chi connectivity index (χ3n) is 17.5. The summed E-state index contributed by atoms with van der Waals surface area (Å²) in [6.07, 6.45) is 8.13. The van der Waals surface area contributed by atoms with E-state index in [0.717, 1.165) is 81.0 Å². The molecule has 4 aliphatic carbocycles. The third-order valence-corrected chi connectivity index (χ3v) is 17.5. The Kier molecular flexibility index (Phi) is 13.8. The van der Waals surface area contributed by atoms with Crippen molar-refractivity contribution in [3.8, 4) is 68.1 Å². The number of halogens is 6. The third kappa shape index (κ3) is 10.6. The first kappa shape index (κ1) is 53.9. The van der Waals surface area contributed by atoms with Gasteiger partial charge in [-0.2, -0.15) is 13.2 Å². The van der Waals surface area contributed by atoms with Crippen molar-refractivity contribution >= 4 is 22.2 Å². The molecule has 2 N–H and O–H groups in total. The van der Waals surface area contributed by atoms with Gasteiger partial charge in [0.2, 0.25) is 11.8 Å². The van der Waals surface area contributed by atoms with Crippen LogP contribution in [-0.2, 0) is 17.8 Å². The van der Waals surface area contributed by atoms with Crippen LogP contribution < -0.4 is 10.6 Å². The second-order valence-corrected chi connectivity index (χ2v) is 23.2. The number of nitrogens with zero attached hydrogens (tertiary/aromatic N) is 9. The lowest BCUT2D eigenvalue weighted by Gasteiger charge is -2.41. The van der Waals surface area contributed by atoms with Crippen LogP contribution in [0.4, 0.5) is 26.3 Å². The summed E-state index contributed by atoms with van der Waals surface area (Å²) in [4.78, 5) is 14.6. The van der Waals surface area contributed by atoms with Crippen LogP contribution in [-0.4, -0.2) is 76.5 Å². The number of hydrogen-bond acceptors (Lipinski definition) is 12. The Hall–Kier alpha value is -8.07. The van der Waals surface area contributed by atoms with Gasteiger partial charge in [0, 0.05) is 66.7 Å². The van der Waals surface area contributed by atoms with E-state index in [1.165, 1.54) is 36.4 Å². The Bertz CT molecular complexity index is 4110. The summed E-state index contributed by atoms with van der Waals surface area (Å²) >= 11 is 0. The van der Waals surface area contributed by atoms with Crippen molar-refractivity contribution in [3.63, 3.8) is 0 Å². The molecule has 14 nitrogen and oxygen atoms in total. The fourth-order valence-corrected chi connectivity index (χ4v) is 11.9. The van der Waals surface area contributed by atoms with Crippen LogP contribution >= 0.6 is 0 Å². The molecule has 0 radical (unpaired) electrons. The maximum Gasteiger partial charge on any atom is 0.407 e. The van der Waals surface area contributed by atoms with Crippen LogP contribution in [0.25, 0.3) is 90.3 Å². The minimum absolute atomic E-state index is 0.0234. The molecule has 5 heterocycles. The molecule has 20 heteroatoms. The van der Waals surface area contributed by atoms with Crippen LogP contribution in [0.2, 0.25) is 0 Å². The van der Waals surface area contributed by atoms with Crippen LogP contribution in [0.1, 0.15) is 117 Å². The standard InChI is InChI=1S/C64H59F6N11O3/c1-35(72-32-63(82-2)18-5-19-63)41-24-51(67)57-54(25-41)77-62(84-57)55-27-42(26-52(75-55)38-12-13-38)47-17-15-45(66)30-50(47)60-79-74-34-81(60)21-20-80-33-73-78-59(80)49-29-44(65)14-16-46(49)39-8-4-9-40(22-39)61-76-53-28-43(23-48(37-10-11-37)56(53)83-61)58(64(68,69)70)71-31-36-6-3-7-36/h4,8-9,14-17,22-30,33-38,58,71-72H,3,5-7,10-13,18-21,31-32H2,1-2H3/t35-,58?/m0/s1. The number of nitrogens with one attached hydrogen (secondary N) is 2. The number of fused-ring (bicyclic) bond motifs is 2. The number of benzene rings is 5. The van der Waals surface area contributed by atoms with E-state index in [9.17, 15) is 13.2 Å². The highest BCUT2D eigenvalue weighted by Crippen LogP contribution is 2.48. The number of alkyl halides is 3. The van der Waals surface area contributed by atoms with Gasteiger partial charge in [0.25, 0.3) is 0 Å². The fourth-order valence-electron chi connectivity index (χ4n) is 11.9. The molecule has 430 valence electrons. The summed E-state index contributed by atoms with van der Waals surface area (Å²) in [7, 11) is 1.73. The van der Waals surface area contributed by atoms with Gasteiger partial charge in [-0.3, -0.25) is 0 Å². The molecule has 4 fully saturated rings. The normalized spacial score (nSPS) is 17.0. The molecule has 0 bridgehead atoms. The Morgan fingerprint density at radius 1 is 0.643 bits per heavy atom. The number of hydrogen-bond donors (Lipinski definition) is 2. The summed E-state index contributed by atoms with van der Waals surface area (Å²) < 4.78 is 113. The van der Waals surface area contributed by atoms with Gasteiger partial charge in [-0.1, -0.05) is 30.7 Å². The van der Waals surface area contributed by atoms with Crippen molar-refractivity contribution in [3.05, 3.63) is 150 Å². The molecule has 84 heavy (non-hydrogen) atoms. The van der Waals surface area contributed by atoms with E-state index in [1.54, 1.807) is 47.1 Å². The van der Waals surface area contributed by atoms with Crippen LogP contribution in [0.3, 0.4) is 0 Å². The predicted molar refractivity (Wildman–Crippen MR) is 304 cm³/mol. The number of oxazole rings is 2. The minimum Gasteiger partial charge on any atom is -0.436 e. The molecule has 2 atom stereocenters. The van der Waals surface area contributed by atoms with Gasteiger partial charge in [0.1, 0.15) is 47.1 Å². The number of aromatic nitrogens is 9. The fraction of sp³-hybridized carbons (Fsp3) is 0.359. The van der Waals surface area contributed by atoms with Crippen molar-refractivity contribution in [2.24, 2.45) is 5.92 Å². The molecule has 0 spiro atoms. The van der Waals surface area contributed by atoms with Gasteiger partial charge in [0.05, 0.1) is 5.60 Å². The Morgan fingerprint density at radius 3 is 1.92 bits per heavy atom. The maximum absolute atomic E-state index is 15.9. The molecule has 4 aliphatic rings. The molecule has 5 aromatic carbocycles. The zero-order valence-electron chi connectivity index (χ0n) is 46.2. The second-order valence-electron chi connectivity index (χ2n) is 23.2. The molecule has 14 rings (SSSR count). The van der Waals surface area contributed by atoms with E-state index in [4.69, 9.17) is 28.5 Å². The first-order valence-electron chi connectivity index (χ1n) is 28.8. The average Bonchev–Trinajstić information content (AvgIpc) is 4.50. The number of rotatable bonds is 20. The van der Waals surface area contributed by atoms with Crippen LogP contribution in [0.5, 0.6) is 0 Å². The van der Waals surface area contributed by atoms with Crippen LogP contribution in [0, 0.1) is 23.4 Å². The molecule has 0 aliphatic heterocycles. The maximum atomic E-state index is 15.9. The van der Waals surface area contributed by atoms with Gasteiger partial charge in [-0.25, -0.2) is 28.1 Å². The quantitative estimate of drug-likeness (QED) is 0.0697. The zero-order chi connectivity index (χ0) is 57.4. The molecule has 0 saturated heterocycles. The lowest BCUT2D eigenvalue weighted by molar-refractivity contribution is -0.158. The molecular formula is C64H59F6N11O3. The Morgan fingerprint density at radius 2 is 1.29 bits per heavy atom. The summed E-state index contributed by atoms with van der Waals surface area (Å²) in [5.74, 6) is 0.133. The van der Waals surface area contributed by atoms with E-state index >= 15 is 13.2 Å². The number of pyridine rings is 1. The van der Waals surface area contributed by atoms with E-state index in [0.29, 0.717) is 86.0 Å². The zero-order valence-corrected chi connectivity index (χ0v) is 46.2. The lowest BCUT2D eigenvalue weighted by atomic mass is 9.80. The first-order valence-corrected chi connectivity index (χ1v) is 28.8. The van der Waals surface area contributed by atoms with Gasteiger partial charge in [-0.05, 0) is 189 Å². The molecule has 0 amide bonds. The van der Waals surface area contributed by atoms with Crippen molar-refractivity contribution in [2.75, 3.05) is 20.2 Å². The molecule has 10 aromatic rings. The van der Waals surface area contributed by atoms with E-state index in [1.807, 2.05) is 49.4 Å². The van der Waals surface area contributed by atoms with E-state index in [-0.39, 0.29) is 65.4 Å². The SMILES string of the molecule is COC1(CN[C@@H](C)c2cc(F)c3oc(-c4cc(-c5ccc(F)cc5-c5nncn5CCn5cnnc5-c5cc(F)ccc5-c5cccc(-c6nc7cc(C(NCC8CCC8)C(F)(F)F)cc(C8CC8)c7o6)c5)cc(C5CC5)n4)nc3c2)CCC1.